The first-order valence-electron chi connectivity index (χ1n) is 6.28. The first-order valence-corrected chi connectivity index (χ1v) is 6.28. The average molecular weight is 296 g/mol. The molecule has 0 aliphatic heterocycles. The summed E-state index contributed by atoms with van der Waals surface area (Å²) in [6, 6.07) is 6.30. The minimum atomic E-state index is -0.972. The van der Waals surface area contributed by atoms with Crippen LogP contribution in [0.1, 0.15) is 38.5 Å². The number of carboxylic acids is 1. The van der Waals surface area contributed by atoms with Gasteiger partial charge < -0.3 is 19.7 Å². The van der Waals surface area contributed by atoms with Crippen molar-refractivity contribution in [1.29, 1.82) is 0 Å². The van der Waals surface area contributed by atoms with Gasteiger partial charge in [0, 0.05) is 5.97 Å². The molecule has 0 amide bonds. The van der Waals surface area contributed by atoms with Crippen molar-refractivity contribution >= 4 is 5.97 Å². The second-order valence-electron chi connectivity index (χ2n) is 4.21. The number of carbonyl (C=O) groups is 1. The molecule has 1 aromatic carbocycles. The number of hydrogen-bond donors (Lipinski definition) is 0. The zero-order valence-corrected chi connectivity index (χ0v) is 16.4. The Bertz CT molecular complexity index is 355. The number of aliphatic carboxylic acids is 1. The first-order chi connectivity index (χ1) is 8.68. The summed E-state index contributed by atoms with van der Waals surface area (Å²) in [4.78, 5) is 10.2. The maximum atomic E-state index is 10.8. The van der Waals surface area contributed by atoms with Gasteiger partial charge in [0.2, 0.25) is 0 Å². The van der Waals surface area contributed by atoms with Crippen molar-refractivity contribution in [2.75, 3.05) is 6.61 Å². The van der Waals surface area contributed by atoms with Crippen molar-refractivity contribution in [1.82, 2.24) is 0 Å². The maximum absolute atomic E-state index is 10.8. The number of ether oxygens (including phenoxy) is 1. The van der Waals surface area contributed by atoms with Gasteiger partial charge in [0.05, 0.1) is 6.61 Å². The summed E-state index contributed by atoms with van der Waals surface area (Å²) in [7, 11) is 0. The zero-order valence-electron chi connectivity index (χ0n) is 12.4. The topological polar surface area (TPSA) is 72.4 Å². The summed E-state index contributed by atoms with van der Waals surface area (Å²) in [5, 5.41) is 21.0. The number of carboxylic acid groups (broad SMARTS) is 1. The summed E-state index contributed by atoms with van der Waals surface area (Å²) in [6.07, 6.45) is 4.72. The molecule has 4 nitrogen and oxygen atoms in total. The Morgan fingerprint density at radius 2 is 1.50 bits per heavy atom. The molecule has 1 aromatic rings. The van der Waals surface area contributed by atoms with Crippen molar-refractivity contribution in [3.05, 3.63) is 24.3 Å². The van der Waals surface area contributed by atoms with Crippen LogP contribution in [0.4, 0.5) is 0 Å². The van der Waals surface area contributed by atoms with Gasteiger partial charge in [-0.2, -0.15) is 0 Å². The van der Waals surface area contributed by atoms with E-state index in [2.05, 4.69) is 0 Å². The zero-order chi connectivity index (χ0) is 13.2. The van der Waals surface area contributed by atoms with Gasteiger partial charge >= 0.3 is 59.1 Å². The number of carbonyl (C=O) groups excluding carboxylic acids is 1. The summed E-state index contributed by atoms with van der Waals surface area (Å²) < 4.78 is 5.46. The molecule has 0 spiro atoms. The summed E-state index contributed by atoms with van der Waals surface area (Å²) in [5.41, 5.74) is 0. The molecule has 6 heteroatoms. The SMILES string of the molecule is O=C([O-])CCCCCCCOc1ccc([O-])cc1.[Na+].[Na+]. The van der Waals surface area contributed by atoms with E-state index in [0.29, 0.717) is 18.8 Å². The first kappa shape index (κ1) is 22.6. The van der Waals surface area contributed by atoms with Gasteiger partial charge in [0.1, 0.15) is 5.75 Å². The van der Waals surface area contributed by atoms with E-state index >= 15 is 0 Å². The largest absolute Gasteiger partial charge is 1.00 e. The monoisotopic (exact) mass is 296 g/mol. The second kappa shape index (κ2) is 14.2. The minimum absolute atomic E-state index is 0. The molecular weight excluding hydrogens is 278 g/mol. The van der Waals surface area contributed by atoms with E-state index in [1.54, 1.807) is 12.1 Å². The van der Waals surface area contributed by atoms with Crippen molar-refractivity contribution in [2.24, 2.45) is 0 Å². The number of unbranched alkanes of at least 4 members (excludes halogenated alkanes) is 4. The van der Waals surface area contributed by atoms with E-state index in [-0.39, 0.29) is 71.3 Å². The molecular formula is C14H18Na2O4. The fourth-order valence-corrected chi connectivity index (χ4v) is 1.63. The van der Waals surface area contributed by atoms with Gasteiger partial charge in [0.15, 0.2) is 0 Å². The van der Waals surface area contributed by atoms with E-state index in [0.717, 1.165) is 25.7 Å². The van der Waals surface area contributed by atoms with E-state index in [1.807, 2.05) is 0 Å². The Hall–Kier alpha value is 0.290. The third-order valence-corrected chi connectivity index (χ3v) is 2.62. The van der Waals surface area contributed by atoms with Crippen molar-refractivity contribution in [2.45, 2.75) is 38.5 Å². The van der Waals surface area contributed by atoms with E-state index < -0.39 is 5.97 Å². The predicted octanol–water partition coefficient (Wildman–Crippen LogP) is -4.76. The van der Waals surface area contributed by atoms with Gasteiger partial charge in [-0.25, -0.2) is 0 Å². The van der Waals surface area contributed by atoms with Crippen molar-refractivity contribution in [3.8, 4) is 11.5 Å². The molecule has 0 aromatic heterocycles. The summed E-state index contributed by atoms with van der Waals surface area (Å²) >= 11 is 0. The Morgan fingerprint density at radius 1 is 0.950 bits per heavy atom. The standard InChI is InChI=1S/C14H20O4.2Na/c15-12-7-9-13(10-8-12)18-11-5-3-1-2-4-6-14(16)17;;/h7-10,15H,1-6,11H2,(H,16,17);;/q;2*+1/p-2. The molecule has 0 aliphatic carbocycles. The van der Waals surface area contributed by atoms with Crippen LogP contribution >= 0.6 is 0 Å². The molecule has 1 rings (SSSR count). The van der Waals surface area contributed by atoms with E-state index in [4.69, 9.17) is 4.74 Å². The quantitative estimate of drug-likeness (QED) is 0.339. The molecule has 20 heavy (non-hydrogen) atoms. The molecule has 0 bridgehead atoms. The Kier molecular flexibility index (Phi) is 16.1. The van der Waals surface area contributed by atoms with Crippen molar-refractivity contribution in [3.63, 3.8) is 0 Å². The number of rotatable bonds is 9. The summed E-state index contributed by atoms with van der Waals surface area (Å²) in [5.74, 6) is -0.276. The molecule has 0 heterocycles. The molecule has 100 valence electrons. The average Bonchev–Trinajstić information content (AvgIpc) is 2.34. The molecule has 0 radical (unpaired) electrons. The number of benzene rings is 1. The van der Waals surface area contributed by atoms with Crippen molar-refractivity contribution < 1.29 is 78.9 Å². The van der Waals surface area contributed by atoms with Gasteiger partial charge in [-0.15, -0.1) is 5.75 Å². The number of hydrogen-bond acceptors (Lipinski definition) is 4. The maximum Gasteiger partial charge on any atom is 1.00 e. The molecule has 0 unspecified atom stereocenters. The van der Waals surface area contributed by atoms with E-state index in [1.165, 1.54) is 12.1 Å². The third kappa shape index (κ3) is 12.1. The molecule has 0 aliphatic rings. The third-order valence-electron chi connectivity index (χ3n) is 2.62. The molecule has 0 atom stereocenters. The van der Waals surface area contributed by atoms with Crippen LogP contribution in [0.25, 0.3) is 0 Å². The molecule has 0 saturated heterocycles. The Morgan fingerprint density at radius 3 is 2.10 bits per heavy atom. The van der Waals surface area contributed by atoms with Crippen LogP contribution in [0.15, 0.2) is 24.3 Å². The summed E-state index contributed by atoms with van der Waals surface area (Å²) in [6.45, 7) is 0.624. The Labute approximate surface area is 164 Å². The molecule has 0 N–H and O–H groups in total. The fourth-order valence-electron chi connectivity index (χ4n) is 1.63. The van der Waals surface area contributed by atoms with Crippen LogP contribution in [0.3, 0.4) is 0 Å². The van der Waals surface area contributed by atoms with Crippen LogP contribution in [-0.4, -0.2) is 12.6 Å². The van der Waals surface area contributed by atoms with Crippen LogP contribution in [0.2, 0.25) is 0 Å². The van der Waals surface area contributed by atoms with Crippen LogP contribution < -0.4 is 74.1 Å². The second-order valence-corrected chi connectivity index (χ2v) is 4.21. The van der Waals surface area contributed by atoms with Crippen LogP contribution in [0.5, 0.6) is 11.5 Å². The van der Waals surface area contributed by atoms with Crippen LogP contribution in [-0.2, 0) is 4.79 Å². The van der Waals surface area contributed by atoms with Gasteiger partial charge in [0.25, 0.3) is 0 Å². The van der Waals surface area contributed by atoms with E-state index in [9.17, 15) is 15.0 Å². The van der Waals surface area contributed by atoms with Gasteiger partial charge in [-0.3, -0.25) is 0 Å². The molecule has 0 saturated carbocycles. The fraction of sp³-hybridized carbons (Fsp3) is 0.500. The Balaban J connectivity index is 0. The van der Waals surface area contributed by atoms with Gasteiger partial charge in [-0.1, -0.05) is 31.4 Å². The smallest absolute Gasteiger partial charge is 0.872 e. The normalized spacial score (nSPS) is 9.20. The molecule has 0 fully saturated rings. The minimum Gasteiger partial charge on any atom is -0.872 e. The predicted molar refractivity (Wildman–Crippen MR) is 64.1 cm³/mol. The van der Waals surface area contributed by atoms with Gasteiger partial charge in [-0.05, 0) is 31.4 Å². The van der Waals surface area contributed by atoms with Crippen LogP contribution in [0, 0.1) is 0 Å².